The molecular formula is C15H18BrNO4. The summed E-state index contributed by atoms with van der Waals surface area (Å²) in [5.41, 5.74) is 1.80. The second-order valence-corrected chi connectivity index (χ2v) is 6.29. The molecule has 2 rings (SSSR count). The van der Waals surface area contributed by atoms with Crippen LogP contribution >= 0.6 is 15.9 Å². The quantitative estimate of drug-likeness (QED) is 0.904. The lowest BCUT2D eigenvalue weighted by atomic mass is 9.95. The number of ether oxygens (including phenoxy) is 1. The molecule has 1 aliphatic heterocycles. The molecule has 1 N–H and O–H groups in total. The molecule has 2 atom stereocenters. The Morgan fingerprint density at radius 1 is 1.48 bits per heavy atom. The Morgan fingerprint density at radius 3 is 2.67 bits per heavy atom. The zero-order valence-corrected chi connectivity index (χ0v) is 13.8. The molecule has 1 amide bonds. The molecule has 1 heterocycles. The topological polar surface area (TPSA) is 66.8 Å². The minimum Gasteiger partial charge on any atom is -0.479 e. The number of benzene rings is 1. The van der Waals surface area contributed by atoms with Gasteiger partial charge >= 0.3 is 5.97 Å². The number of nitrogens with zero attached hydrogens (tertiary/aromatic N) is 1. The van der Waals surface area contributed by atoms with Gasteiger partial charge in [-0.15, -0.1) is 0 Å². The highest BCUT2D eigenvalue weighted by Gasteiger charge is 2.43. The first-order chi connectivity index (χ1) is 9.82. The number of hydrogen-bond acceptors (Lipinski definition) is 3. The maximum atomic E-state index is 12.2. The number of halogens is 1. The van der Waals surface area contributed by atoms with Gasteiger partial charge in [0.15, 0.2) is 6.10 Å². The summed E-state index contributed by atoms with van der Waals surface area (Å²) in [4.78, 5) is 25.3. The number of morpholine rings is 1. The number of hydrogen-bond donors (Lipinski definition) is 1. The van der Waals surface area contributed by atoms with E-state index in [9.17, 15) is 14.7 Å². The second-order valence-electron chi connectivity index (χ2n) is 5.43. The van der Waals surface area contributed by atoms with Gasteiger partial charge in [-0.2, -0.15) is 0 Å². The van der Waals surface area contributed by atoms with E-state index >= 15 is 0 Å². The maximum absolute atomic E-state index is 12.2. The average Bonchev–Trinajstić information content (AvgIpc) is 2.37. The van der Waals surface area contributed by atoms with E-state index in [4.69, 9.17) is 4.74 Å². The van der Waals surface area contributed by atoms with Crippen LogP contribution in [0, 0.1) is 6.92 Å². The Hall–Kier alpha value is -1.40. The number of aliphatic carboxylic acids is 1. The Bertz CT molecular complexity index is 573. The van der Waals surface area contributed by atoms with Gasteiger partial charge in [-0.05, 0) is 38.0 Å². The molecule has 1 saturated heterocycles. The average molecular weight is 356 g/mol. The number of rotatable bonds is 3. The number of carboxylic acids is 1. The standard InChI is InChI=1S/C15H18BrNO4/c1-8(2)17-12(18)7-21-14(15(19)20)13(17)10-5-4-9(3)6-11(10)16/h4-6,8,13-14H,7H2,1-3H3,(H,19,20). The second kappa shape index (κ2) is 6.15. The first-order valence-corrected chi connectivity index (χ1v) is 7.54. The van der Waals surface area contributed by atoms with Crippen LogP contribution in [0.2, 0.25) is 0 Å². The van der Waals surface area contributed by atoms with E-state index in [1.165, 1.54) is 0 Å². The van der Waals surface area contributed by atoms with Crippen molar-refractivity contribution in [3.8, 4) is 0 Å². The van der Waals surface area contributed by atoms with Crippen LogP contribution in [0.4, 0.5) is 0 Å². The predicted molar refractivity (Wildman–Crippen MR) is 81.0 cm³/mol. The monoisotopic (exact) mass is 355 g/mol. The molecule has 6 heteroatoms. The third-order valence-electron chi connectivity index (χ3n) is 3.54. The molecule has 1 aromatic carbocycles. The molecule has 114 valence electrons. The minimum absolute atomic E-state index is 0.110. The largest absolute Gasteiger partial charge is 0.479 e. The summed E-state index contributed by atoms with van der Waals surface area (Å²) in [7, 11) is 0. The van der Waals surface area contributed by atoms with E-state index < -0.39 is 18.1 Å². The normalized spacial score (nSPS) is 22.7. The SMILES string of the molecule is Cc1ccc(C2C(C(=O)O)OCC(=O)N2C(C)C)c(Br)c1. The summed E-state index contributed by atoms with van der Waals surface area (Å²) in [5, 5.41) is 9.42. The molecule has 0 aliphatic carbocycles. The van der Waals surface area contributed by atoms with Crippen molar-refractivity contribution in [3.05, 3.63) is 33.8 Å². The Morgan fingerprint density at radius 2 is 2.14 bits per heavy atom. The van der Waals surface area contributed by atoms with Crippen LogP contribution < -0.4 is 0 Å². The van der Waals surface area contributed by atoms with E-state index in [1.807, 2.05) is 39.0 Å². The molecule has 1 aromatic rings. The fourth-order valence-electron chi connectivity index (χ4n) is 2.63. The molecule has 5 nitrogen and oxygen atoms in total. The van der Waals surface area contributed by atoms with E-state index in [0.717, 1.165) is 15.6 Å². The number of carbonyl (C=O) groups is 2. The smallest absolute Gasteiger partial charge is 0.335 e. The van der Waals surface area contributed by atoms with Crippen molar-refractivity contribution in [2.45, 2.75) is 39.0 Å². The first-order valence-electron chi connectivity index (χ1n) is 6.74. The predicted octanol–water partition coefficient (Wildman–Crippen LogP) is 2.52. The van der Waals surface area contributed by atoms with Crippen LogP contribution in [0.5, 0.6) is 0 Å². The van der Waals surface area contributed by atoms with Gasteiger partial charge in [-0.3, -0.25) is 4.79 Å². The van der Waals surface area contributed by atoms with Crippen molar-refractivity contribution in [2.75, 3.05) is 6.61 Å². The first kappa shape index (κ1) is 16.0. The summed E-state index contributed by atoms with van der Waals surface area (Å²) in [6.07, 6.45) is -1.07. The van der Waals surface area contributed by atoms with Gasteiger partial charge in [0.25, 0.3) is 0 Å². The molecule has 0 bridgehead atoms. The molecule has 0 saturated carbocycles. The van der Waals surface area contributed by atoms with Gasteiger partial charge in [0.2, 0.25) is 5.91 Å². The highest BCUT2D eigenvalue weighted by atomic mass is 79.9. The number of aryl methyl sites for hydroxylation is 1. The number of carbonyl (C=O) groups excluding carboxylic acids is 1. The lowest BCUT2D eigenvalue weighted by molar-refractivity contribution is -0.175. The van der Waals surface area contributed by atoms with Crippen molar-refractivity contribution in [1.29, 1.82) is 0 Å². The van der Waals surface area contributed by atoms with Crippen molar-refractivity contribution < 1.29 is 19.4 Å². The zero-order valence-electron chi connectivity index (χ0n) is 12.2. The van der Waals surface area contributed by atoms with Crippen molar-refractivity contribution in [3.63, 3.8) is 0 Å². The van der Waals surface area contributed by atoms with Crippen LogP contribution in [-0.4, -0.2) is 40.6 Å². The number of amides is 1. The van der Waals surface area contributed by atoms with Crippen LogP contribution in [0.1, 0.15) is 31.0 Å². The van der Waals surface area contributed by atoms with E-state index in [2.05, 4.69) is 15.9 Å². The fourth-order valence-corrected chi connectivity index (χ4v) is 3.36. The minimum atomic E-state index is -1.07. The Balaban J connectivity index is 2.54. The Kier molecular flexibility index (Phi) is 4.68. The summed E-state index contributed by atoms with van der Waals surface area (Å²) < 4.78 is 6.05. The van der Waals surface area contributed by atoms with Gasteiger partial charge < -0.3 is 14.7 Å². The van der Waals surface area contributed by atoms with E-state index in [-0.39, 0.29) is 18.6 Å². The summed E-state index contributed by atoms with van der Waals surface area (Å²) in [6.45, 7) is 5.50. The zero-order chi connectivity index (χ0) is 15.7. The lowest BCUT2D eigenvalue weighted by Crippen LogP contribution is -2.54. The van der Waals surface area contributed by atoms with E-state index in [1.54, 1.807) is 4.90 Å². The molecule has 2 unspecified atom stereocenters. The molecule has 0 radical (unpaired) electrons. The molecule has 1 fully saturated rings. The van der Waals surface area contributed by atoms with Crippen LogP contribution in [0.15, 0.2) is 22.7 Å². The summed E-state index contributed by atoms with van der Waals surface area (Å²) >= 11 is 3.47. The van der Waals surface area contributed by atoms with Crippen LogP contribution in [-0.2, 0) is 14.3 Å². The molecular weight excluding hydrogens is 338 g/mol. The molecule has 0 aromatic heterocycles. The lowest BCUT2D eigenvalue weighted by Gasteiger charge is -2.42. The van der Waals surface area contributed by atoms with Gasteiger partial charge in [0.05, 0.1) is 6.04 Å². The summed E-state index contributed by atoms with van der Waals surface area (Å²) in [5.74, 6) is -1.26. The van der Waals surface area contributed by atoms with Gasteiger partial charge in [-0.1, -0.05) is 28.1 Å². The third kappa shape index (κ3) is 3.11. The fraction of sp³-hybridized carbons (Fsp3) is 0.467. The summed E-state index contributed by atoms with van der Waals surface area (Å²) in [6, 6.07) is 4.90. The molecule has 21 heavy (non-hydrogen) atoms. The highest BCUT2D eigenvalue weighted by Crippen LogP contribution is 2.36. The number of carboxylic acid groups (broad SMARTS) is 1. The van der Waals surface area contributed by atoms with Gasteiger partial charge in [0.1, 0.15) is 6.61 Å². The third-order valence-corrected chi connectivity index (χ3v) is 4.22. The van der Waals surface area contributed by atoms with Crippen molar-refractivity contribution in [1.82, 2.24) is 4.90 Å². The Labute approximate surface area is 132 Å². The maximum Gasteiger partial charge on any atom is 0.335 e. The van der Waals surface area contributed by atoms with Gasteiger partial charge in [0, 0.05) is 10.5 Å². The van der Waals surface area contributed by atoms with Crippen molar-refractivity contribution >= 4 is 27.8 Å². The van der Waals surface area contributed by atoms with Crippen molar-refractivity contribution in [2.24, 2.45) is 0 Å². The van der Waals surface area contributed by atoms with Gasteiger partial charge in [-0.25, -0.2) is 4.79 Å². The van der Waals surface area contributed by atoms with Crippen LogP contribution in [0.25, 0.3) is 0 Å². The van der Waals surface area contributed by atoms with Crippen LogP contribution in [0.3, 0.4) is 0 Å². The highest BCUT2D eigenvalue weighted by molar-refractivity contribution is 9.10. The molecule has 0 spiro atoms. The van der Waals surface area contributed by atoms with E-state index in [0.29, 0.717) is 0 Å². The molecule has 1 aliphatic rings.